The van der Waals surface area contributed by atoms with Crippen LogP contribution in [0, 0.1) is 6.92 Å². The number of aromatic nitrogens is 2. The molecule has 0 unspecified atom stereocenters. The SMILES string of the molecule is Cc1nn(-c2ccc(O)cc2)cc1C(=O)O. The van der Waals surface area contributed by atoms with E-state index in [4.69, 9.17) is 10.2 Å². The molecule has 0 atom stereocenters. The molecule has 0 radical (unpaired) electrons. The van der Waals surface area contributed by atoms with Gasteiger partial charge in [0.1, 0.15) is 11.3 Å². The summed E-state index contributed by atoms with van der Waals surface area (Å²) in [6, 6.07) is 6.36. The van der Waals surface area contributed by atoms with Gasteiger partial charge in [0.15, 0.2) is 0 Å². The second-order valence-electron chi connectivity index (χ2n) is 3.39. The Morgan fingerprint density at radius 1 is 1.31 bits per heavy atom. The summed E-state index contributed by atoms with van der Waals surface area (Å²) in [5, 5.41) is 22.1. The minimum absolute atomic E-state index is 0.158. The molecule has 2 aromatic rings. The molecule has 0 amide bonds. The number of aromatic carboxylic acids is 1. The van der Waals surface area contributed by atoms with Gasteiger partial charge in [-0.2, -0.15) is 5.10 Å². The van der Waals surface area contributed by atoms with Gasteiger partial charge in [0.25, 0.3) is 0 Å². The largest absolute Gasteiger partial charge is 0.508 e. The van der Waals surface area contributed by atoms with Crippen molar-refractivity contribution in [2.24, 2.45) is 0 Å². The normalized spacial score (nSPS) is 10.3. The fourth-order valence-corrected chi connectivity index (χ4v) is 1.41. The van der Waals surface area contributed by atoms with Gasteiger partial charge in [0, 0.05) is 6.20 Å². The lowest BCUT2D eigenvalue weighted by Crippen LogP contribution is -1.95. The molecule has 16 heavy (non-hydrogen) atoms. The number of rotatable bonds is 2. The molecule has 1 aromatic carbocycles. The first-order chi connectivity index (χ1) is 7.58. The van der Waals surface area contributed by atoms with Crippen LogP contribution in [0.3, 0.4) is 0 Å². The van der Waals surface area contributed by atoms with Crippen LogP contribution in [-0.4, -0.2) is 26.0 Å². The van der Waals surface area contributed by atoms with Crippen LogP contribution in [0.5, 0.6) is 5.75 Å². The summed E-state index contributed by atoms with van der Waals surface area (Å²) in [5.41, 5.74) is 1.34. The van der Waals surface area contributed by atoms with E-state index >= 15 is 0 Å². The number of benzene rings is 1. The van der Waals surface area contributed by atoms with Gasteiger partial charge >= 0.3 is 5.97 Å². The van der Waals surface area contributed by atoms with Gasteiger partial charge < -0.3 is 10.2 Å². The highest BCUT2D eigenvalue weighted by Crippen LogP contribution is 2.15. The Morgan fingerprint density at radius 3 is 2.44 bits per heavy atom. The molecule has 5 heteroatoms. The molecular weight excluding hydrogens is 208 g/mol. The van der Waals surface area contributed by atoms with E-state index in [1.807, 2.05) is 0 Å². The van der Waals surface area contributed by atoms with Crippen LogP contribution < -0.4 is 0 Å². The first kappa shape index (κ1) is 10.2. The lowest BCUT2D eigenvalue weighted by Gasteiger charge is -2.00. The molecule has 0 saturated heterocycles. The number of aromatic hydroxyl groups is 1. The lowest BCUT2D eigenvalue weighted by atomic mass is 10.3. The number of nitrogens with zero attached hydrogens (tertiary/aromatic N) is 2. The van der Waals surface area contributed by atoms with Crippen LogP contribution >= 0.6 is 0 Å². The van der Waals surface area contributed by atoms with Gasteiger partial charge in [-0.1, -0.05) is 0 Å². The second-order valence-corrected chi connectivity index (χ2v) is 3.39. The highest BCUT2D eigenvalue weighted by molar-refractivity contribution is 5.88. The number of hydrogen-bond acceptors (Lipinski definition) is 3. The number of carboxylic acids is 1. The van der Waals surface area contributed by atoms with Crippen molar-refractivity contribution in [2.45, 2.75) is 6.92 Å². The van der Waals surface area contributed by atoms with E-state index in [1.165, 1.54) is 23.0 Å². The Balaban J connectivity index is 2.45. The predicted molar refractivity (Wildman–Crippen MR) is 56.9 cm³/mol. The van der Waals surface area contributed by atoms with E-state index in [0.29, 0.717) is 11.4 Å². The molecule has 5 nitrogen and oxygen atoms in total. The maximum Gasteiger partial charge on any atom is 0.339 e. The number of phenolic OH excluding ortho intramolecular Hbond substituents is 1. The zero-order valence-electron chi connectivity index (χ0n) is 8.58. The van der Waals surface area contributed by atoms with Gasteiger partial charge in [0.05, 0.1) is 11.4 Å². The predicted octanol–water partition coefficient (Wildman–Crippen LogP) is 1.58. The van der Waals surface area contributed by atoms with E-state index < -0.39 is 5.97 Å². The zero-order valence-corrected chi connectivity index (χ0v) is 8.58. The molecule has 0 saturated carbocycles. The third-order valence-electron chi connectivity index (χ3n) is 2.24. The summed E-state index contributed by atoms with van der Waals surface area (Å²) < 4.78 is 1.47. The van der Waals surface area contributed by atoms with Gasteiger partial charge in [-0.15, -0.1) is 0 Å². The summed E-state index contributed by atoms with van der Waals surface area (Å²) in [6.45, 7) is 1.64. The number of carboxylic acid groups (broad SMARTS) is 1. The molecule has 2 N–H and O–H groups in total. The Bertz CT molecular complexity index is 529. The fraction of sp³-hybridized carbons (Fsp3) is 0.0909. The van der Waals surface area contributed by atoms with Crippen LogP contribution in [-0.2, 0) is 0 Å². The van der Waals surface area contributed by atoms with Crippen molar-refractivity contribution in [2.75, 3.05) is 0 Å². The van der Waals surface area contributed by atoms with E-state index in [-0.39, 0.29) is 11.3 Å². The number of phenols is 1. The van der Waals surface area contributed by atoms with E-state index in [2.05, 4.69) is 5.10 Å². The Morgan fingerprint density at radius 2 is 1.94 bits per heavy atom. The standard InChI is InChI=1S/C11H10N2O3/c1-7-10(11(15)16)6-13(12-7)8-2-4-9(14)5-3-8/h2-6,14H,1H3,(H,15,16). The van der Waals surface area contributed by atoms with Gasteiger partial charge in [-0.25, -0.2) is 9.48 Å². The first-order valence-corrected chi connectivity index (χ1v) is 4.67. The van der Waals surface area contributed by atoms with Crippen molar-refractivity contribution in [1.29, 1.82) is 0 Å². The maximum absolute atomic E-state index is 10.8. The second kappa shape index (κ2) is 3.69. The third kappa shape index (κ3) is 1.75. The van der Waals surface area contributed by atoms with Crippen molar-refractivity contribution >= 4 is 5.97 Å². The summed E-state index contributed by atoms with van der Waals surface area (Å²) >= 11 is 0. The van der Waals surface area contributed by atoms with Gasteiger partial charge in [-0.3, -0.25) is 0 Å². The number of aryl methyl sites for hydroxylation is 1. The Labute approximate surface area is 91.6 Å². The third-order valence-corrected chi connectivity index (χ3v) is 2.24. The van der Waals surface area contributed by atoms with Crippen molar-refractivity contribution in [3.8, 4) is 11.4 Å². The van der Waals surface area contributed by atoms with Crippen LogP contribution in [0.4, 0.5) is 0 Å². The average molecular weight is 218 g/mol. The van der Waals surface area contributed by atoms with Crippen molar-refractivity contribution in [1.82, 2.24) is 9.78 Å². The van der Waals surface area contributed by atoms with Crippen molar-refractivity contribution in [3.63, 3.8) is 0 Å². The van der Waals surface area contributed by atoms with Gasteiger partial charge in [-0.05, 0) is 31.2 Å². The zero-order chi connectivity index (χ0) is 11.7. The highest BCUT2D eigenvalue weighted by Gasteiger charge is 2.12. The number of carbonyl (C=O) groups is 1. The smallest absolute Gasteiger partial charge is 0.339 e. The van der Waals surface area contributed by atoms with Crippen LogP contribution in [0.15, 0.2) is 30.5 Å². The number of hydrogen-bond donors (Lipinski definition) is 2. The first-order valence-electron chi connectivity index (χ1n) is 4.67. The monoisotopic (exact) mass is 218 g/mol. The van der Waals surface area contributed by atoms with Crippen LogP contribution in [0.25, 0.3) is 5.69 Å². The Hall–Kier alpha value is -2.30. The summed E-state index contributed by atoms with van der Waals surface area (Å²) in [6.07, 6.45) is 1.45. The molecule has 1 aromatic heterocycles. The topological polar surface area (TPSA) is 75.3 Å². The summed E-state index contributed by atoms with van der Waals surface area (Å²) in [4.78, 5) is 10.8. The van der Waals surface area contributed by atoms with E-state index in [9.17, 15) is 4.79 Å². The molecule has 0 fully saturated rings. The van der Waals surface area contributed by atoms with Crippen LogP contribution in [0.2, 0.25) is 0 Å². The van der Waals surface area contributed by atoms with Crippen molar-refractivity contribution < 1.29 is 15.0 Å². The molecule has 2 rings (SSSR count). The molecule has 0 aliphatic heterocycles. The van der Waals surface area contributed by atoms with Gasteiger partial charge in [0.2, 0.25) is 0 Å². The lowest BCUT2D eigenvalue weighted by molar-refractivity contribution is 0.0696. The molecule has 1 heterocycles. The summed E-state index contributed by atoms with van der Waals surface area (Å²) in [5.74, 6) is -0.839. The van der Waals surface area contributed by atoms with Crippen LogP contribution in [0.1, 0.15) is 16.1 Å². The molecule has 0 spiro atoms. The average Bonchev–Trinajstić information content (AvgIpc) is 2.61. The molecule has 0 aliphatic carbocycles. The minimum atomic E-state index is -0.998. The molecule has 0 bridgehead atoms. The molecule has 82 valence electrons. The highest BCUT2D eigenvalue weighted by atomic mass is 16.4. The molecular formula is C11H10N2O3. The fourth-order valence-electron chi connectivity index (χ4n) is 1.41. The summed E-state index contributed by atoms with van der Waals surface area (Å²) in [7, 11) is 0. The quantitative estimate of drug-likeness (QED) is 0.802. The Kier molecular flexibility index (Phi) is 2.36. The van der Waals surface area contributed by atoms with E-state index in [0.717, 1.165) is 0 Å². The molecule has 0 aliphatic rings. The van der Waals surface area contributed by atoms with Crippen molar-refractivity contribution in [3.05, 3.63) is 41.7 Å². The maximum atomic E-state index is 10.8. The van der Waals surface area contributed by atoms with E-state index in [1.54, 1.807) is 19.1 Å². The minimum Gasteiger partial charge on any atom is -0.508 e.